The molecule has 170 valence electrons. The van der Waals surface area contributed by atoms with Gasteiger partial charge in [0.1, 0.15) is 11.5 Å². The fraction of sp³-hybridized carbons (Fsp3) is 0.440. The van der Waals surface area contributed by atoms with E-state index < -0.39 is 0 Å². The molecule has 1 aliphatic heterocycles. The molecule has 1 fully saturated rings. The lowest BCUT2D eigenvalue weighted by atomic mass is 9.94. The van der Waals surface area contributed by atoms with Crippen molar-refractivity contribution in [2.45, 2.75) is 45.1 Å². The SMILES string of the molecule is CCC(N)c1cncc2nc(-c3ccnc4[nH]c5c(c34)CCCC5)nc(N3CCNCC3)c12. The number of pyridine rings is 2. The molecule has 1 aliphatic carbocycles. The molecule has 0 bridgehead atoms. The Morgan fingerprint density at radius 1 is 1.09 bits per heavy atom. The van der Waals surface area contributed by atoms with E-state index in [0.717, 1.165) is 84.8 Å². The van der Waals surface area contributed by atoms with Gasteiger partial charge in [-0.25, -0.2) is 15.0 Å². The second-order valence-electron chi connectivity index (χ2n) is 9.12. The predicted molar refractivity (Wildman–Crippen MR) is 131 cm³/mol. The Morgan fingerprint density at radius 3 is 2.79 bits per heavy atom. The number of piperazine rings is 1. The zero-order valence-electron chi connectivity index (χ0n) is 19.1. The van der Waals surface area contributed by atoms with Crippen molar-refractivity contribution in [3.8, 4) is 11.4 Å². The number of rotatable bonds is 4. The van der Waals surface area contributed by atoms with E-state index in [-0.39, 0.29) is 6.04 Å². The van der Waals surface area contributed by atoms with Gasteiger partial charge in [-0.3, -0.25) is 4.98 Å². The van der Waals surface area contributed by atoms with Gasteiger partial charge in [0.25, 0.3) is 0 Å². The molecule has 0 saturated carbocycles. The summed E-state index contributed by atoms with van der Waals surface area (Å²) in [5.74, 6) is 1.70. The number of aromatic nitrogens is 5. The molecule has 4 aromatic heterocycles. The predicted octanol–water partition coefficient (Wildman–Crippen LogP) is 3.27. The first-order valence-corrected chi connectivity index (χ1v) is 12.1. The van der Waals surface area contributed by atoms with Crippen molar-refractivity contribution >= 4 is 27.8 Å². The summed E-state index contributed by atoms with van der Waals surface area (Å²) in [6.45, 7) is 5.78. The number of hydrogen-bond donors (Lipinski definition) is 3. The highest BCUT2D eigenvalue weighted by Crippen LogP contribution is 2.37. The minimum atomic E-state index is -0.0957. The lowest BCUT2D eigenvalue weighted by Gasteiger charge is -2.30. The van der Waals surface area contributed by atoms with Crippen molar-refractivity contribution in [1.82, 2.24) is 30.2 Å². The molecular weight excluding hydrogens is 412 g/mol. The van der Waals surface area contributed by atoms with Gasteiger partial charge in [0.2, 0.25) is 0 Å². The first-order chi connectivity index (χ1) is 16.2. The topological polar surface area (TPSA) is 109 Å². The Kier molecular flexibility index (Phi) is 5.19. The molecule has 6 rings (SSSR count). The van der Waals surface area contributed by atoms with Crippen LogP contribution in [0.2, 0.25) is 0 Å². The van der Waals surface area contributed by atoms with Gasteiger partial charge in [-0.15, -0.1) is 0 Å². The summed E-state index contributed by atoms with van der Waals surface area (Å²) in [6, 6.07) is 1.96. The summed E-state index contributed by atoms with van der Waals surface area (Å²) in [4.78, 5) is 25.3. The Morgan fingerprint density at radius 2 is 1.94 bits per heavy atom. The zero-order chi connectivity index (χ0) is 22.4. The van der Waals surface area contributed by atoms with Crippen molar-refractivity contribution in [2.75, 3.05) is 31.1 Å². The molecule has 1 unspecified atom stereocenters. The molecule has 0 aromatic carbocycles. The molecule has 1 atom stereocenters. The van der Waals surface area contributed by atoms with Crippen molar-refractivity contribution in [1.29, 1.82) is 0 Å². The summed E-state index contributed by atoms with van der Waals surface area (Å²) in [5, 5.41) is 5.65. The summed E-state index contributed by atoms with van der Waals surface area (Å²) < 4.78 is 0. The number of nitrogens with two attached hydrogens (primary N) is 1. The van der Waals surface area contributed by atoms with Gasteiger partial charge in [-0.2, -0.15) is 0 Å². The van der Waals surface area contributed by atoms with E-state index in [1.165, 1.54) is 29.5 Å². The van der Waals surface area contributed by atoms with Crippen LogP contribution in [0.3, 0.4) is 0 Å². The molecule has 33 heavy (non-hydrogen) atoms. The van der Waals surface area contributed by atoms with Crippen molar-refractivity contribution in [3.05, 3.63) is 41.5 Å². The minimum absolute atomic E-state index is 0.0957. The zero-order valence-corrected chi connectivity index (χ0v) is 19.1. The molecule has 1 saturated heterocycles. The normalized spacial score (nSPS) is 17.5. The fourth-order valence-electron chi connectivity index (χ4n) is 5.33. The first-order valence-electron chi connectivity index (χ1n) is 12.1. The number of H-pyrrole nitrogens is 1. The number of aromatic amines is 1. The van der Waals surface area contributed by atoms with Crippen molar-refractivity contribution < 1.29 is 0 Å². The Labute approximate surface area is 193 Å². The minimum Gasteiger partial charge on any atom is -0.353 e. The molecule has 8 nitrogen and oxygen atoms in total. The highest BCUT2D eigenvalue weighted by atomic mass is 15.2. The van der Waals surface area contributed by atoms with E-state index in [2.05, 4.69) is 38.2 Å². The number of aryl methyl sites for hydroxylation is 2. The monoisotopic (exact) mass is 442 g/mol. The third-order valence-electron chi connectivity index (χ3n) is 7.10. The third-order valence-corrected chi connectivity index (χ3v) is 7.10. The van der Waals surface area contributed by atoms with Crippen molar-refractivity contribution in [3.63, 3.8) is 0 Å². The molecule has 5 heterocycles. The molecule has 0 radical (unpaired) electrons. The number of nitrogens with zero attached hydrogens (tertiary/aromatic N) is 5. The molecule has 0 spiro atoms. The van der Waals surface area contributed by atoms with Gasteiger partial charge >= 0.3 is 0 Å². The average molecular weight is 443 g/mol. The lowest BCUT2D eigenvalue weighted by molar-refractivity contribution is 0.586. The van der Waals surface area contributed by atoms with E-state index in [1.54, 1.807) is 0 Å². The molecule has 4 N–H and O–H groups in total. The summed E-state index contributed by atoms with van der Waals surface area (Å²) in [5.41, 5.74) is 13.1. The van der Waals surface area contributed by atoms with Gasteiger partial charge in [-0.05, 0) is 43.7 Å². The quantitative estimate of drug-likeness (QED) is 0.445. The van der Waals surface area contributed by atoms with Gasteiger partial charge < -0.3 is 20.9 Å². The number of nitrogens with one attached hydrogen (secondary N) is 2. The summed E-state index contributed by atoms with van der Waals surface area (Å²) >= 11 is 0. The van der Waals surface area contributed by atoms with Crippen LogP contribution in [0.5, 0.6) is 0 Å². The Hall–Kier alpha value is -3.10. The van der Waals surface area contributed by atoms with Crippen LogP contribution in [-0.2, 0) is 12.8 Å². The van der Waals surface area contributed by atoms with Gasteiger partial charge in [-0.1, -0.05) is 6.92 Å². The van der Waals surface area contributed by atoms with Crippen LogP contribution in [0.4, 0.5) is 5.82 Å². The first kappa shape index (κ1) is 20.5. The Balaban J connectivity index is 1.61. The molecule has 0 amide bonds. The second-order valence-corrected chi connectivity index (χ2v) is 9.12. The largest absolute Gasteiger partial charge is 0.353 e. The Bertz CT molecular complexity index is 1320. The van der Waals surface area contributed by atoms with E-state index >= 15 is 0 Å². The van der Waals surface area contributed by atoms with Gasteiger partial charge in [0.15, 0.2) is 5.82 Å². The van der Waals surface area contributed by atoms with E-state index in [9.17, 15) is 0 Å². The van der Waals surface area contributed by atoms with Crippen LogP contribution < -0.4 is 16.0 Å². The average Bonchev–Trinajstić information content (AvgIpc) is 3.26. The maximum absolute atomic E-state index is 6.51. The van der Waals surface area contributed by atoms with Crippen LogP contribution >= 0.6 is 0 Å². The number of fused-ring (bicyclic) bond motifs is 4. The summed E-state index contributed by atoms with van der Waals surface area (Å²) in [6.07, 6.45) is 11.0. The van der Waals surface area contributed by atoms with Crippen LogP contribution in [-0.4, -0.2) is 51.1 Å². The lowest BCUT2D eigenvalue weighted by Crippen LogP contribution is -2.44. The molecule has 4 aromatic rings. The van der Waals surface area contributed by atoms with Crippen LogP contribution in [0.15, 0.2) is 24.7 Å². The maximum Gasteiger partial charge on any atom is 0.163 e. The third kappa shape index (κ3) is 3.45. The van der Waals surface area contributed by atoms with Crippen LogP contribution in [0.1, 0.15) is 49.0 Å². The number of anilines is 1. The van der Waals surface area contributed by atoms with Gasteiger partial charge in [0.05, 0.1) is 17.1 Å². The van der Waals surface area contributed by atoms with E-state index in [0.29, 0.717) is 0 Å². The van der Waals surface area contributed by atoms with Crippen molar-refractivity contribution in [2.24, 2.45) is 5.73 Å². The standard InChI is InChI=1S/C25H30N8/c1-2-18(26)17-13-28-14-20-22(17)25(33-11-9-27-10-12-33)32-23(31-20)16-7-8-29-24-21(16)15-5-3-4-6-19(15)30-24/h7-8,13-14,18,27H,2-6,9-12,26H2,1H3,(H,29,30). The summed E-state index contributed by atoms with van der Waals surface area (Å²) in [7, 11) is 0. The van der Waals surface area contributed by atoms with E-state index in [1.807, 2.05) is 18.6 Å². The van der Waals surface area contributed by atoms with Crippen LogP contribution in [0, 0.1) is 0 Å². The van der Waals surface area contributed by atoms with Crippen LogP contribution in [0.25, 0.3) is 33.3 Å². The molecule has 2 aliphatic rings. The molecular formula is C25H30N8. The maximum atomic E-state index is 6.51. The van der Waals surface area contributed by atoms with Gasteiger partial charge in [0, 0.05) is 66.8 Å². The fourth-order valence-corrected chi connectivity index (χ4v) is 5.33. The second kappa shape index (κ2) is 8.35. The smallest absolute Gasteiger partial charge is 0.163 e. The van der Waals surface area contributed by atoms with E-state index in [4.69, 9.17) is 15.7 Å². The highest BCUT2D eigenvalue weighted by Gasteiger charge is 2.24. The highest BCUT2D eigenvalue weighted by molar-refractivity contribution is 5.98. The molecule has 8 heteroatoms. The number of hydrogen-bond acceptors (Lipinski definition) is 7.